The molecule has 184 valence electrons. The molecule has 0 bridgehead atoms. The molecule has 0 heterocycles. The van der Waals surface area contributed by atoms with Gasteiger partial charge in [-0.3, -0.25) is 9.59 Å². The van der Waals surface area contributed by atoms with Crippen molar-refractivity contribution in [1.82, 2.24) is 10.2 Å². The van der Waals surface area contributed by atoms with Crippen LogP contribution >= 0.6 is 35.0 Å². The molecule has 0 unspecified atom stereocenters. The molecule has 35 heavy (non-hydrogen) atoms. The largest absolute Gasteiger partial charge is 0.355 e. The summed E-state index contributed by atoms with van der Waals surface area (Å²) in [6.07, 6.45) is 0.442. The highest BCUT2D eigenvalue weighted by atomic mass is 35.5. The van der Waals surface area contributed by atoms with Gasteiger partial charge in [0.1, 0.15) is 6.04 Å². The molecule has 0 spiro atoms. The van der Waals surface area contributed by atoms with Crippen LogP contribution in [0.1, 0.15) is 29.2 Å². The molecule has 0 radical (unpaired) electrons. The number of hydrogen-bond donors (Lipinski definition) is 1. The van der Waals surface area contributed by atoms with Gasteiger partial charge in [-0.2, -0.15) is 0 Å². The normalized spacial score (nSPS) is 11.7. The van der Waals surface area contributed by atoms with Crippen LogP contribution in [-0.2, 0) is 28.3 Å². The van der Waals surface area contributed by atoms with Crippen molar-refractivity contribution in [2.45, 2.75) is 38.6 Å². The second kappa shape index (κ2) is 13.6. The van der Waals surface area contributed by atoms with Crippen LogP contribution in [0, 0.1) is 6.92 Å². The van der Waals surface area contributed by atoms with E-state index in [1.165, 1.54) is 11.8 Å². The van der Waals surface area contributed by atoms with Gasteiger partial charge in [-0.15, -0.1) is 11.8 Å². The van der Waals surface area contributed by atoms with E-state index in [2.05, 4.69) is 11.4 Å². The Morgan fingerprint density at radius 3 is 2.40 bits per heavy atom. The lowest BCUT2D eigenvalue weighted by molar-refractivity contribution is -0.139. The lowest BCUT2D eigenvalue weighted by Crippen LogP contribution is -2.51. The molecule has 4 nitrogen and oxygen atoms in total. The van der Waals surface area contributed by atoms with Gasteiger partial charge in [0.05, 0.1) is 5.75 Å². The van der Waals surface area contributed by atoms with Gasteiger partial charge in [-0.1, -0.05) is 89.4 Å². The van der Waals surface area contributed by atoms with Crippen LogP contribution in [0.3, 0.4) is 0 Å². The van der Waals surface area contributed by atoms with Crippen LogP contribution in [0.15, 0.2) is 72.8 Å². The number of rotatable bonds is 11. The van der Waals surface area contributed by atoms with Gasteiger partial charge in [-0.25, -0.2) is 0 Å². The molecule has 2 amide bonds. The number of carbonyl (C=O) groups is 2. The monoisotopic (exact) mass is 528 g/mol. The Kier molecular flexibility index (Phi) is 10.5. The van der Waals surface area contributed by atoms with Crippen LogP contribution in [0.4, 0.5) is 0 Å². The van der Waals surface area contributed by atoms with Crippen molar-refractivity contribution < 1.29 is 9.59 Å². The highest BCUT2D eigenvalue weighted by Gasteiger charge is 2.30. The van der Waals surface area contributed by atoms with E-state index in [9.17, 15) is 9.59 Å². The van der Waals surface area contributed by atoms with E-state index in [1.807, 2.05) is 68.4 Å². The summed E-state index contributed by atoms with van der Waals surface area (Å²) in [7, 11) is 0. The molecule has 0 aliphatic rings. The van der Waals surface area contributed by atoms with Crippen molar-refractivity contribution in [2.75, 3.05) is 12.3 Å². The molecule has 3 aromatic rings. The first-order chi connectivity index (χ1) is 16.9. The first-order valence-electron chi connectivity index (χ1n) is 11.6. The Bertz CT molecular complexity index is 1140. The minimum atomic E-state index is -0.620. The van der Waals surface area contributed by atoms with Crippen molar-refractivity contribution in [3.8, 4) is 0 Å². The van der Waals surface area contributed by atoms with Crippen molar-refractivity contribution in [3.05, 3.63) is 105 Å². The van der Waals surface area contributed by atoms with Gasteiger partial charge in [0.2, 0.25) is 11.8 Å². The highest BCUT2D eigenvalue weighted by molar-refractivity contribution is 7.99. The number of nitrogens with zero attached hydrogens (tertiary/aromatic N) is 1. The standard InChI is InChI=1S/C28H30Cl2N2O2S/c1-3-31-28(34)26(15-21-9-5-4-6-10-21)32(17-22-11-7-8-20(2)14-22)27(33)19-35-18-23-12-13-24(29)16-25(23)30/h4-14,16,26H,3,15,17-19H2,1-2H3,(H,31,34)/t26-/m1/s1. The zero-order valence-electron chi connectivity index (χ0n) is 20.0. The quantitative estimate of drug-likeness (QED) is 0.317. The number of halogens is 2. The van der Waals surface area contributed by atoms with Crippen LogP contribution in [0.5, 0.6) is 0 Å². The third kappa shape index (κ3) is 8.31. The molecular formula is C28H30Cl2N2O2S. The summed E-state index contributed by atoms with van der Waals surface area (Å²) in [6.45, 7) is 4.76. The SMILES string of the molecule is CCNC(=O)[C@@H](Cc1ccccc1)N(Cc1cccc(C)c1)C(=O)CSCc1ccc(Cl)cc1Cl. The topological polar surface area (TPSA) is 49.4 Å². The summed E-state index contributed by atoms with van der Waals surface area (Å²) in [5.41, 5.74) is 4.03. The summed E-state index contributed by atoms with van der Waals surface area (Å²) in [4.78, 5) is 28.5. The maximum atomic E-state index is 13.6. The van der Waals surface area contributed by atoms with Gasteiger partial charge in [0.25, 0.3) is 0 Å². The predicted molar refractivity (Wildman–Crippen MR) is 147 cm³/mol. The van der Waals surface area contributed by atoms with E-state index < -0.39 is 6.04 Å². The molecule has 3 aromatic carbocycles. The van der Waals surface area contributed by atoms with Gasteiger partial charge >= 0.3 is 0 Å². The Balaban J connectivity index is 1.83. The zero-order chi connectivity index (χ0) is 25.2. The third-order valence-corrected chi connectivity index (χ3v) is 7.11. The van der Waals surface area contributed by atoms with Crippen LogP contribution < -0.4 is 5.32 Å². The van der Waals surface area contributed by atoms with Gasteiger partial charge in [0, 0.05) is 35.3 Å². The summed E-state index contributed by atoms with van der Waals surface area (Å²) in [5.74, 6) is 0.567. The minimum Gasteiger partial charge on any atom is -0.355 e. The number of aryl methyl sites for hydroxylation is 1. The van der Waals surface area contributed by atoms with E-state index in [0.717, 1.165) is 22.3 Å². The fourth-order valence-electron chi connectivity index (χ4n) is 3.82. The smallest absolute Gasteiger partial charge is 0.243 e. The lowest BCUT2D eigenvalue weighted by atomic mass is 10.0. The maximum Gasteiger partial charge on any atom is 0.243 e. The highest BCUT2D eigenvalue weighted by Crippen LogP contribution is 2.25. The molecule has 0 aliphatic heterocycles. The summed E-state index contributed by atoms with van der Waals surface area (Å²) in [5, 5.41) is 4.08. The van der Waals surface area contributed by atoms with Crippen molar-refractivity contribution in [2.24, 2.45) is 0 Å². The Hall–Kier alpha value is -2.47. The van der Waals surface area contributed by atoms with Crippen LogP contribution in [-0.4, -0.2) is 35.1 Å². The van der Waals surface area contributed by atoms with Crippen molar-refractivity contribution in [1.29, 1.82) is 0 Å². The fraction of sp³-hybridized carbons (Fsp3) is 0.286. The van der Waals surface area contributed by atoms with Crippen LogP contribution in [0.2, 0.25) is 10.0 Å². The number of likely N-dealkylation sites (N-methyl/N-ethyl adjacent to an activating group) is 1. The number of nitrogens with one attached hydrogen (secondary N) is 1. The summed E-state index contributed by atoms with van der Waals surface area (Å²) in [6, 6.07) is 22.6. The number of benzene rings is 3. The van der Waals surface area contributed by atoms with Crippen molar-refractivity contribution in [3.63, 3.8) is 0 Å². The molecule has 1 N–H and O–H groups in total. The van der Waals surface area contributed by atoms with E-state index >= 15 is 0 Å². The molecule has 0 saturated carbocycles. The number of carbonyl (C=O) groups excluding carboxylic acids is 2. The van der Waals surface area contributed by atoms with Crippen molar-refractivity contribution >= 4 is 46.8 Å². The Morgan fingerprint density at radius 1 is 0.971 bits per heavy atom. The Labute approximate surface area is 222 Å². The van der Waals surface area contributed by atoms with Gasteiger partial charge in [0.15, 0.2) is 0 Å². The van der Waals surface area contributed by atoms with Crippen LogP contribution in [0.25, 0.3) is 0 Å². The average Bonchev–Trinajstić information content (AvgIpc) is 2.83. The second-order valence-corrected chi connectivity index (χ2v) is 10.2. The molecule has 0 saturated heterocycles. The third-order valence-electron chi connectivity index (χ3n) is 5.56. The number of thioether (sulfide) groups is 1. The zero-order valence-corrected chi connectivity index (χ0v) is 22.3. The molecule has 0 aliphatic carbocycles. The van der Waals surface area contributed by atoms with E-state index in [-0.39, 0.29) is 17.6 Å². The molecular weight excluding hydrogens is 499 g/mol. The van der Waals surface area contributed by atoms with E-state index in [1.54, 1.807) is 17.0 Å². The van der Waals surface area contributed by atoms with E-state index in [0.29, 0.717) is 35.3 Å². The molecule has 3 rings (SSSR count). The number of amides is 2. The summed E-state index contributed by atoms with van der Waals surface area (Å²) >= 11 is 13.8. The molecule has 0 fully saturated rings. The minimum absolute atomic E-state index is 0.0891. The predicted octanol–water partition coefficient (Wildman–Crippen LogP) is 6.31. The fourth-order valence-corrected chi connectivity index (χ4v) is 5.29. The molecule has 0 aromatic heterocycles. The first kappa shape index (κ1) is 27.1. The van der Waals surface area contributed by atoms with Gasteiger partial charge < -0.3 is 10.2 Å². The second-order valence-electron chi connectivity index (χ2n) is 8.34. The van der Waals surface area contributed by atoms with Gasteiger partial charge in [-0.05, 0) is 42.7 Å². The number of hydrogen-bond acceptors (Lipinski definition) is 3. The Morgan fingerprint density at radius 2 is 1.71 bits per heavy atom. The average molecular weight is 530 g/mol. The van der Waals surface area contributed by atoms with E-state index in [4.69, 9.17) is 23.2 Å². The lowest BCUT2D eigenvalue weighted by Gasteiger charge is -2.31. The molecule has 1 atom stereocenters. The first-order valence-corrected chi connectivity index (χ1v) is 13.5. The maximum absolute atomic E-state index is 13.6. The summed E-state index contributed by atoms with van der Waals surface area (Å²) < 4.78 is 0. The molecule has 7 heteroatoms.